The summed E-state index contributed by atoms with van der Waals surface area (Å²) in [6.07, 6.45) is 0.680. The first-order valence-electron chi connectivity index (χ1n) is 5.97. The summed E-state index contributed by atoms with van der Waals surface area (Å²) in [7, 11) is 1.48. The molecule has 1 amide bonds. The smallest absolute Gasteiger partial charge is 0.245 e. The Bertz CT molecular complexity index is 399. The Morgan fingerprint density at radius 1 is 1.44 bits per heavy atom. The van der Waals surface area contributed by atoms with Gasteiger partial charge in [-0.2, -0.15) is 0 Å². The first kappa shape index (κ1) is 14.6. The van der Waals surface area contributed by atoms with Crippen molar-refractivity contribution in [2.75, 3.05) is 20.3 Å². The molecule has 0 spiro atoms. The van der Waals surface area contributed by atoms with E-state index in [0.717, 1.165) is 5.56 Å². The van der Waals surface area contributed by atoms with Crippen LogP contribution in [0, 0.1) is 0 Å². The quantitative estimate of drug-likeness (QED) is 0.844. The molecule has 0 heterocycles. The summed E-state index contributed by atoms with van der Waals surface area (Å²) in [5.41, 5.74) is 0.328. The average Bonchev–Trinajstić information content (AvgIpc) is 2.29. The lowest BCUT2D eigenvalue weighted by atomic mass is 9.97. The van der Waals surface area contributed by atoms with E-state index in [-0.39, 0.29) is 12.5 Å². The van der Waals surface area contributed by atoms with Crippen molar-refractivity contribution in [2.45, 2.75) is 25.9 Å². The van der Waals surface area contributed by atoms with Gasteiger partial charge in [-0.25, -0.2) is 4.39 Å². The molecule has 1 aromatic carbocycles. The van der Waals surface area contributed by atoms with E-state index in [1.54, 1.807) is 6.07 Å². The Hall–Kier alpha value is -1.42. The predicted octanol–water partition coefficient (Wildman–Crippen LogP) is 2.20. The van der Waals surface area contributed by atoms with Crippen LogP contribution in [0.4, 0.5) is 4.39 Å². The average molecular weight is 253 g/mol. The minimum absolute atomic E-state index is 0.0670. The molecule has 0 saturated heterocycles. The molecular weight excluding hydrogens is 233 g/mol. The van der Waals surface area contributed by atoms with Gasteiger partial charge in [0.15, 0.2) is 0 Å². The van der Waals surface area contributed by atoms with E-state index >= 15 is 0 Å². The van der Waals surface area contributed by atoms with E-state index in [1.165, 1.54) is 21.0 Å². The van der Waals surface area contributed by atoms with Gasteiger partial charge in [-0.15, -0.1) is 0 Å². The highest BCUT2D eigenvalue weighted by atomic mass is 19.1. The van der Waals surface area contributed by atoms with Crippen LogP contribution in [0.3, 0.4) is 0 Å². The van der Waals surface area contributed by atoms with Crippen molar-refractivity contribution in [1.29, 1.82) is 0 Å². The fraction of sp³-hybridized carbons (Fsp3) is 0.500. The second-order valence-electron chi connectivity index (χ2n) is 4.71. The molecule has 3 nitrogen and oxygen atoms in total. The normalized spacial score (nSPS) is 11.3. The van der Waals surface area contributed by atoms with Crippen LogP contribution in [0.2, 0.25) is 0 Å². The number of rotatable bonds is 6. The summed E-state index contributed by atoms with van der Waals surface area (Å²) in [5.74, 6) is -0.139. The summed E-state index contributed by atoms with van der Waals surface area (Å²) in [6.45, 7) is 3.66. The molecule has 0 unspecified atom stereocenters. The highest BCUT2D eigenvalue weighted by Gasteiger charge is 2.18. The zero-order valence-electron chi connectivity index (χ0n) is 11.1. The minimum atomic E-state index is -1.34. The second kappa shape index (κ2) is 6.50. The largest absolute Gasteiger partial charge is 0.375 e. The fourth-order valence-electron chi connectivity index (χ4n) is 1.63. The maximum Gasteiger partial charge on any atom is 0.245 e. The third-order valence-electron chi connectivity index (χ3n) is 2.62. The Kier molecular flexibility index (Phi) is 5.28. The number of methoxy groups -OCH3 is 1. The highest BCUT2D eigenvalue weighted by molar-refractivity contribution is 5.77. The number of hydrogen-bond donors (Lipinski definition) is 1. The summed E-state index contributed by atoms with van der Waals surface area (Å²) < 4.78 is 18.5. The molecule has 0 radical (unpaired) electrons. The predicted molar refractivity (Wildman–Crippen MR) is 69.2 cm³/mol. The van der Waals surface area contributed by atoms with Crippen molar-refractivity contribution in [3.8, 4) is 0 Å². The molecule has 1 rings (SSSR count). The van der Waals surface area contributed by atoms with Gasteiger partial charge >= 0.3 is 0 Å². The van der Waals surface area contributed by atoms with Crippen LogP contribution in [-0.2, 0) is 21.6 Å². The monoisotopic (exact) mass is 253 g/mol. The van der Waals surface area contributed by atoms with Crippen molar-refractivity contribution in [3.63, 3.8) is 0 Å². The molecule has 18 heavy (non-hydrogen) atoms. The molecule has 0 aliphatic rings. The summed E-state index contributed by atoms with van der Waals surface area (Å²) in [6, 6.07) is 7.37. The molecule has 4 heteroatoms. The fourth-order valence-corrected chi connectivity index (χ4v) is 1.63. The van der Waals surface area contributed by atoms with E-state index in [2.05, 4.69) is 5.32 Å². The number of ether oxygens (including phenoxy) is 1. The van der Waals surface area contributed by atoms with E-state index in [9.17, 15) is 9.18 Å². The van der Waals surface area contributed by atoms with Crippen LogP contribution in [-0.4, -0.2) is 26.2 Å². The van der Waals surface area contributed by atoms with E-state index in [4.69, 9.17) is 4.74 Å². The lowest BCUT2D eigenvalue weighted by Crippen LogP contribution is -2.29. The zero-order valence-corrected chi connectivity index (χ0v) is 11.1. The summed E-state index contributed by atoms with van der Waals surface area (Å²) >= 11 is 0. The van der Waals surface area contributed by atoms with Crippen LogP contribution in [0.15, 0.2) is 24.3 Å². The Labute approximate surface area is 107 Å². The van der Waals surface area contributed by atoms with Gasteiger partial charge in [-0.3, -0.25) is 4.79 Å². The van der Waals surface area contributed by atoms with Crippen molar-refractivity contribution in [2.24, 2.45) is 0 Å². The van der Waals surface area contributed by atoms with Gasteiger partial charge < -0.3 is 10.1 Å². The maximum atomic E-state index is 13.8. The van der Waals surface area contributed by atoms with Gasteiger partial charge in [0.05, 0.1) is 0 Å². The summed E-state index contributed by atoms with van der Waals surface area (Å²) in [5, 5.41) is 2.73. The molecule has 1 N–H and O–H groups in total. The summed E-state index contributed by atoms with van der Waals surface area (Å²) in [4.78, 5) is 11.2. The van der Waals surface area contributed by atoms with E-state index in [1.807, 2.05) is 18.2 Å². The number of carbonyl (C=O) groups is 1. The highest BCUT2D eigenvalue weighted by Crippen LogP contribution is 2.24. The number of amides is 1. The van der Waals surface area contributed by atoms with Crippen LogP contribution in [0.25, 0.3) is 0 Å². The van der Waals surface area contributed by atoms with Gasteiger partial charge in [-0.1, -0.05) is 24.3 Å². The van der Waals surface area contributed by atoms with Gasteiger partial charge in [-0.05, 0) is 31.4 Å². The standard InChI is InChI=1S/C14H20FNO2/c1-14(2,15)12-6-4-5-11(9-12)7-8-16-13(17)10-18-3/h4-6,9H,7-8,10H2,1-3H3,(H,16,17). The SMILES string of the molecule is COCC(=O)NCCc1cccc(C(C)(C)F)c1. The van der Waals surface area contributed by atoms with E-state index < -0.39 is 5.67 Å². The minimum Gasteiger partial charge on any atom is -0.375 e. The van der Waals surface area contributed by atoms with Crippen LogP contribution in [0.1, 0.15) is 25.0 Å². The van der Waals surface area contributed by atoms with Crippen molar-refractivity contribution < 1.29 is 13.9 Å². The van der Waals surface area contributed by atoms with Gasteiger partial charge in [0.1, 0.15) is 12.3 Å². The molecule has 0 saturated carbocycles. The molecule has 0 bridgehead atoms. The number of benzene rings is 1. The molecule has 100 valence electrons. The molecular formula is C14H20FNO2. The number of alkyl halides is 1. The van der Waals surface area contributed by atoms with Crippen molar-refractivity contribution in [3.05, 3.63) is 35.4 Å². The van der Waals surface area contributed by atoms with Gasteiger partial charge in [0.25, 0.3) is 0 Å². The van der Waals surface area contributed by atoms with Crippen LogP contribution >= 0.6 is 0 Å². The third-order valence-corrected chi connectivity index (χ3v) is 2.62. The second-order valence-corrected chi connectivity index (χ2v) is 4.71. The van der Waals surface area contributed by atoms with E-state index in [0.29, 0.717) is 18.5 Å². The lowest BCUT2D eigenvalue weighted by molar-refractivity contribution is -0.124. The van der Waals surface area contributed by atoms with Gasteiger partial charge in [0.2, 0.25) is 5.91 Å². The molecule has 0 aliphatic carbocycles. The molecule has 0 aromatic heterocycles. The zero-order chi connectivity index (χ0) is 13.6. The molecule has 0 fully saturated rings. The van der Waals surface area contributed by atoms with Crippen molar-refractivity contribution in [1.82, 2.24) is 5.32 Å². The third kappa shape index (κ3) is 4.84. The lowest BCUT2D eigenvalue weighted by Gasteiger charge is -2.15. The topological polar surface area (TPSA) is 38.3 Å². The number of nitrogens with one attached hydrogen (secondary N) is 1. The molecule has 0 aliphatic heterocycles. The number of hydrogen-bond acceptors (Lipinski definition) is 2. The Balaban J connectivity index is 2.51. The molecule has 0 atom stereocenters. The van der Waals surface area contributed by atoms with Crippen LogP contribution in [0.5, 0.6) is 0 Å². The van der Waals surface area contributed by atoms with Gasteiger partial charge in [0, 0.05) is 13.7 Å². The van der Waals surface area contributed by atoms with Crippen LogP contribution < -0.4 is 5.32 Å². The maximum absolute atomic E-state index is 13.8. The number of halogens is 1. The number of carbonyl (C=O) groups excluding carboxylic acids is 1. The first-order valence-corrected chi connectivity index (χ1v) is 5.97. The first-order chi connectivity index (χ1) is 8.43. The van der Waals surface area contributed by atoms with Crippen molar-refractivity contribution >= 4 is 5.91 Å². The Morgan fingerprint density at radius 2 is 2.17 bits per heavy atom. The molecule has 1 aromatic rings. The Morgan fingerprint density at radius 3 is 2.78 bits per heavy atom.